The van der Waals surface area contributed by atoms with Crippen LogP contribution in [0.4, 0.5) is 4.79 Å². The summed E-state index contributed by atoms with van der Waals surface area (Å²) in [5, 5.41) is 2.99. The minimum Gasteiger partial charge on any atom is -0.336 e. The van der Waals surface area contributed by atoms with Gasteiger partial charge in [-0.15, -0.1) is 0 Å². The Morgan fingerprint density at radius 1 is 1.27 bits per heavy atom. The molecule has 142 valence electrons. The van der Waals surface area contributed by atoms with Crippen LogP contribution in [0, 0.1) is 0 Å². The van der Waals surface area contributed by atoms with Gasteiger partial charge in [0.05, 0.1) is 31.1 Å². The van der Waals surface area contributed by atoms with Gasteiger partial charge >= 0.3 is 6.03 Å². The van der Waals surface area contributed by atoms with Gasteiger partial charge in [-0.3, -0.25) is 9.69 Å². The molecule has 0 aliphatic carbocycles. The van der Waals surface area contributed by atoms with Crippen molar-refractivity contribution in [3.8, 4) is 0 Å². The van der Waals surface area contributed by atoms with Crippen molar-refractivity contribution in [1.82, 2.24) is 14.5 Å². The fourth-order valence-corrected chi connectivity index (χ4v) is 5.06. The summed E-state index contributed by atoms with van der Waals surface area (Å²) >= 11 is 5.90. The molecule has 26 heavy (non-hydrogen) atoms. The fourth-order valence-electron chi connectivity index (χ4n) is 3.31. The fraction of sp³-hybridized carbons (Fsp3) is 0.500. The van der Waals surface area contributed by atoms with E-state index in [1.807, 2.05) is 0 Å². The van der Waals surface area contributed by atoms with E-state index in [9.17, 15) is 18.0 Å². The number of imide groups is 1. The summed E-state index contributed by atoms with van der Waals surface area (Å²) in [5.41, 5.74) is 0. The van der Waals surface area contributed by atoms with Crippen molar-refractivity contribution < 1.29 is 22.9 Å². The molecule has 1 aromatic carbocycles. The molecule has 0 radical (unpaired) electrons. The van der Waals surface area contributed by atoms with Crippen molar-refractivity contribution in [1.29, 1.82) is 0 Å². The second-order valence-corrected chi connectivity index (χ2v) is 8.84. The van der Waals surface area contributed by atoms with Gasteiger partial charge in [0, 0.05) is 18.1 Å². The maximum Gasteiger partial charge on any atom is 0.324 e. The van der Waals surface area contributed by atoms with E-state index in [-0.39, 0.29) is 16.8 Å². The Morgan fingerprint density at radius 2 is 1.96 bits per heavy atom. The molecule has 0 bridgehead atoms. The predicted molar refractivity (Wildman–Crippen MR) is 95.5 cm³/mol. The third-order valence-corrected chi connectivity index (χ3v) is 7.03. The van der Waals surface area contributed by atoms with Crippen molar-refractivity contribution in [3.63, 3.8) is 0 Å². The van der Waals surface area contributed by atoms with E-state index in [2.05, 4.69) is 5.32 Å². The number of amides is 3. The third-order valence-electron chi connectivity index (χ3n) is 4.90. The number of nitrogens with one attached hydrogen (secondary N) is 2. The van der Waals surface area contributed by atoms with Gasteiger partial charge in [0.1, 0.15) is 0 Å². The van der Waals surface area contributed by atoms with Crippen molar-refractivity contribution in [3.05, 3.63) is 29.3 Å². The summed E-state index contributed by atoms with van der Waals surface area (Å²) in [5.74, 6) is -0.221. The summed E-state index contributed by atoms with van der Waals surface area (Å²) in [7, 11) is -3.60. The number of hydrogen-bond acceptors (Lipinski definition) is 4. The first-order valence-corrected chi connectivity index (χ1v) is 10.3. The van der Waals surface area contributed by atoms with E-state index in [0.29, 0.717) is 44.3 Å². The number of piperazine rings is 1. The standard InChI is InChI=1S/C16H21ClN4O4S/c1-12(15(22)21-6-5-18-16(21)23)19-7-9-20(10-8-19)26(24,25)14-4-2-3-13(17)11-14/h2-4,11-12H,5-10H2,1H3,(H,18,23)/p+1/t12-/m0/s1. The molecule has 0 saturated carbocycles. The molecule has 8 nitrogen and oxygen atoms in total. The van der Waals surface area contributed by atoms with Gasteiger partial charge < -0.3 is 10.2 Å². The maximum absolute atomic E-state index is 12.7. The molecule has 2 N–H and O–H groups in total. The molecule has 0 spiro atoms. The summed E-state index contributed by atoms with van der Waals surface area (Å²) in [6.07, 6.45) is 0. The second-order valence-electron chi connectivity index (χ2n) is 6.46. The molecule has 0 aromatic heterocycles. The zero-order valence-corrected chi connectivity index (χ0v) is 16.0. The van der Waals surface area contributed by atoms with Crippen molar-refractivity contribution in [2.24, 2.45) is 0 Å². The second kappa shape index (κ2) is 7.51. The van der Waals surface area contributed by atoms with Crippen LogP contribution >= 0.6 is 11.6 Å². The van der Waals surface area contributed by atoms with Gasteiger partial charge in [-0.25, -0.2) is 13.2 Å². The highest BCUT2D eigenvalue weighted by molar-refractivity contribution is 7.89. The average molecular weight is 402 g/mol. The highest BCUT2D eigenvalue weighted by Gasteiger charge is 2.38. The van der Waals surface area contributed by atoms with Crippen molar-refractivity contribution >= 4 is 33.6 Å². The molecule has 1 aromatic rings. The molecule has 2 aliphatic rings. The van der Waals surface area contributed by atoms with Crippen LogP contribution in [0.3, 0.4) is 0 Å². The van der Waals surface area contributed by atoms with E-state index in [0.717, 1.165) is 4.90 Å². The van der Waals surface area contributed by atoms with Crippen LogP contribution in [0.15, 0.2) is 29.2 Å². The number of nitrogens with zero attached hydrogens (tertiary/aromatic N) is 2. The Bertz CT molecular complexity index is 808. The highest BCUT2D eigenvalue weighted by Crippen LogP contribution is 2.19. The van der Waals surface area contributed by atoms with Crippen molar-refractivity contribution in [2.45, 2.75) is 17.9 Å². The lowest BCUT2D eigenvalue weighted by atomic mass is 10.2. The number of urea groups is 1. The van der Waals surface area contributed by atoms with E-state index < -0.39 is 16.1 Å². The number of rotatable bonds is 4. The molecule has 10 heteroatoms. The Morgan fingerprint density at radius 3 is 2.54 bits per heavy atom. The van der Waals surface area contributed by atoms with Gasteiger partial charge in [-0.05, 0) is 25.1 Å². The van der Waals surface area contributed by atoms with E-state index in [1.54, 1.807) is 19.1 Å². The molecule has 2 aliphatic heterocycles. The van der Waals surface area contributed by atoms with Gasteiger partial charge in [-0.2, -0.15) is 4.31 Å². The van der Waals surface area contributed by atoms with Crippen molar-refractivity contribution in [2.75, 3.05) is 39.3 Å². The minimum atomic E-state index is -3.60. The minimum absolute atomic E-state index is 0.173. The lowest BCUT2D eigenvalue weighted by molar-refractivity contribution is -0.917. The number of quaternary nitrogens is 1. The maximum atomic E-state index is 12.7. The monoisotopic (exact) mass is 401 g/mol. The molecule has 3 amide bonds. The van der Waals surface area contributed by atoms with Crippen LogP contribution in [-0.2, 0) is 14.8 Å². The molecular formula is C16H22ClN4O4S+. The lowest BCUT2D eigenvalue weighted by Crippen LogP contribution is -3.19. The molecule has 0 unspecified atom stereocenters. The Hall–Kier alpha value is -1.68. The number of benzene rings is 1. The smallest absolute Gasteiger partial charge is 0.324 e. The number of halogens is 1. The van der Waals surface area contributed by atoms with Crippen LogP contribution in [0.5, 0.6) is 0 Å². The molecule has 2 fully saturated rings. The summed E-state index contributed by atoms with van der Waals surface area (Å²) in [6.45, 7) is 4.26. The quantitative estimate of drug-likeness (QED) is 0.689. The zero-order chi connectivity index (χ0) is 18.9. The summed E-state index contributed by atoms with van der Waals surface area (Å²) in [6, 6.07) is 5.45. The highest BCUT2D eigenvalue weighted by atomic mass is 35.5. The Balaban J connectivity index is 1.63. The normalized spacial score (nSPS) is 20.8. The summed E-state index contributed by atoms with van der Waals surface area (Å²) < 4.78 is 26.9. The van der Waals surface area contributed by atoms with Gasteiger partial charge in [0.2, 0.25) is 10.0 Å². The molecule has 1 atom stereocenters. The van der Waals surface area contributed by atoms with E-state index in [1.165, 1.54) is 21.3 Å². The van der Waals surface area contributed by atoms with Gasteiger partial charge in [0.25, 0.3) is 5.91 Å². The van der Waals surface area contributed by atoms with Crippen LogP contribution in [0.2, 0.25) is 5.02 Å². The predicted octanol–water partition coefficient (Wildman–Crippen LogP) is -0.830. The third kappa shape index (κ3) is 3.71. The van der Waals surface area contributed by atoms with Gasteiger partial charge in [-0.1, -0.05) is 17.7 Å². The number of carbonyl (C=O) groups excluding carboxylic acids is 2. The Labute approximate surface area is 157 Å². The Kier molecular flexibility index (Phi) is 5.52. The van der Waals surface area contributed by atoms with E-state index in [4.69, 9.17) is 11.6 Å². The SMILES string of the molecule is C[C@@H](C(=O)N1CCNC1=O)[NH+]1CCN(S(=O)(=O)c2cccc(Cl)c2)CC1. The molecule has 3 rings (SSSR count). The molecule has 2 heterocycles. The average Bonchev–Trinajstić information content (AvgIpc) is 3.06. The number of hydrogen-bond donors (Lipinski definition) is 2. The topological polar surface area (TPSA) is 91.2 Å². The first-order chi connectivity index (χ1) is 12.3. The van der Waals surface area contributed by atoms with Crippen LogP contribution in [0.25, 0.3) is 0 Å². The molecular weight excluding hydrogens is 380 g/mol. The first kappa shape index (κ1) is 19.1. The molecule has 2 saturated heterocycles. The van der Waals surface area contributed by atoms with E-state index >= 15 is 0 Å². The number of sulfonamides is 1. The summed E-state index contributed by atoms with van der Waals surface area (Å²) in [4.78, 5) is 26.5. The zero-order valence-electron chi connectivity index (χ0n) is 14.4. The largest absolute Gasteiger partial charge is 0.336 e. The number of carbonyl (C=O) groups is 2. The lowest BCUT2D eigenvalue weighted by Gasteiger charge is -2.34. The van der Waals surface area contributed by atoms with Crippen LogP contribution < -0.4 is 10.2 Å². The van der Waals surface area contributed by atoms with Crippen LogP contribution in [-0.4, -0.2) is 74.9 Å². The first-order valence-electron chi connectivity index (χ1n) is 8.50. The van der Waals surface area contributed by atoms with Gasteiger partial charge in [0.15, 0.2) is 6.04 Å². The van der Waals surface area contributed by atoms with Crippen LogP contribution in [0.1, 0.15) is 6.92 Å².